The van der Waals surface area contributed by atoms with Gasteiger partial charge >= 0.3 is 0 Å². The van der Waals surface area contributed by atoms with E-state index in [0.29, 0.717) is 33.3 Å². The Labute approximate surface area is 182 Å². The molecule has 2 aromatic carbocycles. The molecule has 6 nitrogen and oxygen atoms in total. The lowest BCUT2D eigenvalue weighted by Gasteiger charge is -2.07. The van der Waals surface area contributed by atoms with Gasteiger partial charge in [0.15, 0.2) is 0 Å². The first-order chi connectivity index (χ1) is 14.0. The molecule has 0 aliphatic rings. The van der Waals surface area contributed by atoms with E-state index in [0.717, 1.165) is 18.6 Å². The van der Waals surface area contributed by atoms with Gasteiger partial charge in [-0.25, -0.2) is 0 Å². The van der Waals surface area contributed by atoms with E-state index in [1.54, 1.807) is 25.3 Å². The van der Waals surface area contributed by atoms with Crippen LogP contribution < -0.4 is 10.1 Å². The number of ether oxygens (including phenoxy) is 1. The average Bonchev–Trinajstić information content (AvgIpc) is 3.18. The van der Waals surface area contributed by atoms with Crippen molar-refractivity contribution in [2.24, 2.45) is 0 Å². The van der Waals surface area contributed by atoms with Gasteiger partial charge in [-0.1, -0.05) is 53.2 Å². The highest BCUT2D eigenvalue weighted by molar-refractivity contribution is 7.99. The molecule has 29 heavy (non-hydrogen) atoms. The van der Waals surface area contributed by atoms with Crippen LogP contribution in [0.3, 0.4) is 0 Å². The first-order valence-electron chi connectivity index (χ1n) is 8.87. The molecule has 1 heterocycles. The molecule has 1 amide bonds. The molecule has 0 aliphatic carbocycles. The number of rotatable bonds is 9. The fourth-order valence-corrected chi connectivity index (χ4v) is 3.48. The second-order valence-corrected chi connectivity index (χ2v) is 7.81. The Morgan fingerprint density at radius 2 is 1.93 bits per heavy atom. The van der Waals surface area contributed by atoms with Crippen molar-refractivity contribution < 1.29 is 13.9 Å². The minimum Gasteiger partial charge on any atom is -0.497 e. The van der Waals surface area contributed by atoms with Gasteiger partial charge in [0.25, 0.3) is 5.22 Å². The summed E-state index contributed by atoms with van der Waals surface area (Å²) in [7, 11) is 1.65. The molecule has 3 aromatic rings. The molecule has 3 rings (SSSR count). The number of thioether (sulfide) groups is 1. The third-order valence-electron chi connectivity index (χ3n) is 4.02. The lowest BCUT2D eigenvalue weighted by Crippen LogP contribution is -2.14. The molecule has 0 aliphatic heterocycles. The van der Waals surface area contributed by atoms with Crippen molar-refractivity contribution in [2.75, 3.05) is 18.2 Å². The zero-order chi connectivity index (χ0) is 20.6. The minimum atomic E-state index is -0.238. The number of hydrogen-bond donors (Lipinski definition) is 1. The second kappa shape index (κ2) is 10.5. The molecule has 152 valence electrons. The summed E-state index contributed by atoms with van der Waals surface area (Å²) in [4.78, 5) is 12.1. The first-order valence-corrected chi connectivity index (χ1v) is 10.6. The average molecular weight is 452 g/mol. The summed E-state index contributed by atoms with van der Waals surface area (Å²) in [6, 6.07) is 13.0. The number of aromatic nitrogens is 2. The van der Waals surface area contributed by atoms with Gasteiger partial charge in [-0.2, -0.15) is 0 Å². The maximum Gasteiger partial charge on any atom is 0.277 e. The van der Waals surface area contributed by atoms with Crippen LogP contribution in [0.1, 0.15) is 17.9 Å². The number of carbonyl (C=O) groups excluding carboxylic acids is 1. The number of nitrogens with one attached hydrogen (secondary N) is 1. The van der Waals surface area contributed by atoms with Crippen LogP contribution in [0, 0.1) is 0 Å². The first kappa shape index (κ1) is 21.5. The van der Waals surface area contributed by atoms with Crippen LogP contribution in [0.4, 0.5) is 5.69 Å². The van der Waals surface area contributed by atoms with Crippen molar-refractivity contribution in [1.82, 2.24) is 10.2 Å². The van der Waals surface area contributed by atoms with Crippen molar-refractivity contribution in [1.29, 1.82) is 0 Å². The van der Waals surface area contributed by atoms with Crippen LogP contribution in [0.5, 0.6) is 5.75 Å². The van der Waals surface area contributed by atoms with Gasteiger partial charge in [-0.15, -0.1) is 10.2 Å². The van der Waals surface area contributed by atoms with Gasteiger partial charge in [0, 0.05) is 6.42 Å². The Hall–Kier alpha value is -2.22. The Kier molecular flexibility index (Phi) is 7.80. The number of methoxy groups -OCH3 is 1. The smallest absolute Gasteiger partial charge is 0.277 e. The van der Waals surface area contributed by atoms with Gasteiger partial charge in [0.2, 0.25) is 11.8 Å². The van der Waals surface area contributed by atoms with Crippen LogP contribution in [0.15, 0.2) is 52.1 Å². The van der Waals surface area contributed by atoms with E-state index in [2.05, 4.69) is 15.5 Å². The molecule has 0 spiro atoms. The number of hydrogen-bond acceptors (Lipinski definition) is 6. The quantitative estimate of drug-likeness (QED) is 0.445. The summed E-state index contributed by atoms with van der Waals surface area (Å²) in [5.41, 5.74) is 1.69. The predicted molar refractivity (Wildman–Crippen MR) is 115 cm³/mol. The van der Waals surface area contributed by atoms with E-state index in [1.807, 2.05) is 24.3 Å². The number of aryl methyl sites for hydroxylation is 2. The normalized spacial score (nSPS) is 10.7. The van der Waals surface area contributed by atoms with Crippen LogP contribution >= 0.6 is 35.0 Å². The molecule has 0 unspecified atom stereocenters. The fourth-order valence-electron chi connectivity index (χ4n) is 2.55. The van der Waals surface area contributed by atoms with Crippen molar-refractivity contribution in [3.8, 4) is 5.75 Å². The molecule has 0 fully saturated rings. The zero-order valence-corrected chi connectivity index (χ0v) is 18.0. The topological polar surface area (TPSA) is 77.2 Å². The zero-order valence-electron chi connectivity index (χ0n) is 15.7. The molecule has 0 saturated heterocycles. The van der Waals surface area contributed by atoms with E-state index >= 15 is 0 Å². The summed E-state index contributed by atoms with van der Waals surface area (Å²) in [5, 5.41) is 11.8. The summed E-state index contributed by atoms with van der Waals surface area (Å²) in [6.45, 7) is 0. The number of nitrogens with zero attached hydrogens (tertiary/aromatic N) is 2. The van der Waals surface area contributed by atoms with Gasteiger partial charge in [0.1, 0.15) is 5.75 Å². The largest absolute Gasteiger partial charge is 0.497 e. The summed E-state index contributed by atoms with van der Waals surface area (Å²) < 4.78 is 10.7. The molecule has 0 saturated carbocycles. The Morgan fingerprint density at radius 1 is 1.14 bits per heavy atom. The predicted octanol–water partition coefficient (Wildman–Crippen LogP) is 5.29. The van der Waals surface area contributed by atoms with Crippen molar-refractivity contribution >= 4 is 46.6 Å². The highest BCUT2D eigenvalue weighted by atomic mass is 35.5. The minimum absolute atomic E-state index is 0.121. The lowest BCUT2D eigenvalue weighted by atomic mass is 10.1. The third-order valence-corrected chi connectivity index (χ3v) is 5.65. The van der Waals surface area contributed by atoms with Gasteiger partial charge in [-0.3, -0.25) is 4.79 Å². The molecular weight excluding hydrogens is 433 g/mol. The van der Waals surface area contributed by atoms with E-state index in [4.69, 9.17) is 32.4 Å². The Morgan fingerprint density at radius 3 is 2.69 bits per heavy atom. The number of anilines is 1. The van der Waals surface area contributed by atoms with E-state index < -0.39 is 0 Å². The van der Waals surface area contributed by atoms with Crippen molar-refractivity contribution in [3.05, 3.63) is 64.0 Å². The number of amides is 1. The highest BCUT2D eigenvalue weighted by Crippen LogP contribution is 2.29. The van der Waals surface area contributed by atoms with Crippen LogP contribution in [0.2, 0.25) is 10.0 Å². The monoisotopic (exact) mass is 451 g/mol. The van der Waals surface area contributed by atoms with Gasteiger partial charge < -0.3 is 14.5 Å². The van der Waals surface area contributed by atoms with Gasteiger partial charge in [0.05, 0.1) is 28.6 Å². The van der Waals surface area contributed by atoms with Gasteiger partial charge in [-0.05, 0) is 42.7 Å². The maximum absolute atomic E-state index is 12.1. The fraction of sp³-hybridized carbons (Fsp3) is 0.250. The molecule has 9 heteroatoms. The maximum atomic E-state index is 12.1. The standard InChI is InChI=1S/C20H19Cl2N3O3S/c1-27-14-10-8-13(9-11-14)4-2-7-18-24-25-20(28-18)29-12-17(26)23-16-6-3-5-15(21)19(16)22/h3,5-6,8-11H,2,4,7,12H2,1H3,(H,23,26). The number of carbonyl (C=O) groups is 1. The summed E-state index contributed by atoms with van der Waals surface area (Å²) in [5.74, 6) is 1.28. The molecular formula is C20H19Cl2N3O3S. The molecule has 0 radical (unpaired) electrons. The molecule has 0 bridgehead atoms. The number of benzene rings is 2. The SMILES string of the molecule is COc1ccc(CCCc2nnc(SCC(=O)Nc3cccc(Cl)c3Cl)o2)cc1. The molecule has 0 atom stereocenters. The van der Waals surface area contributed by atoms with Crippen molar-refractivity contribution in [2.45, 2.75) is 24.5 Å². The van der Waals surface area contributed by atoms with Crippen LogP contribution in [-0.2, 0) is 17.6 Å². The van der Waals surface area contributed by atoms with Crippen LogP contribution in [-0.4, -0.2) is 29.0 Å². The highest BCUT2D eigenvalue weighted by Gasteiger charge is 2.12. The summed E-state index contributed by atoms with van der Waals surface area (Å²) >= 11 is 13.2. The lowest BCUT2D eigenvalue weighted by molar-refractivity contribution is -0.113. The summed E-state index contributed by atoms with van der Waals surface area (Å²) in [6.07, 6.45) is 2.45. The third kappa shape index (κ3) is 6.39. The Balaban J connectivity index is 1.42. The molecule has 1 N–H and O–H groups in total. The van der Waals surface area contributed by atoms with Crippen molar-refractivity contribution in [3.63, 3.8) is 0 Å². The van der Waals surface area contributed by atoms with E-state index in [-0.39, 0.29) is 11.7 Å². The Bertz CT molecular complexity index is 964. The van der Waals surface area contributed by atoms with E-state index in [9.17, 15) is 4.79 Å². The van der Waals surface area contributed by atoms with E-state index in [1.165, 1.54) is 17.3 Å². The van der Waals surface area contributed by atoms with Crippen LogP contribution in [0.25, 0.3) is 0 Å². The number of halogens is 2. The second-order valence-electron chi connectivity index (χ2n) is 6.10. The molecule has 1 aromatic heterocycles.